The summed E-state index contributed by atoms with van der Waals surface area (Å²) in [4.78, 5) is 16.2. The van der Waals surface area contributed by atoms with Crippen LogP contribution in [0, 0.1) is 0 Å². The highest BCUT2D eigenvalue weighted by Crippen LogP contribution is 2.27. The van der Waals surface area contributed by atoms with E-state index in [1.54, 1.807) is 24.5 Å². The molecule has 4 rings (SSSR count). The second-order valence-corrected chi connectivity index (χ2v) is 6.75. The molecular formula is C20H16N6O2S. The van der Waals surface area contributed by atoms with Crippen molar-refractivity contribution in [3.8, 4) is 17.1 Å². The Kier molecular flexibility index (Phi) is 5.77. The van der Waals surface area contributed by atoms with Crippen LogP contribution in [0.3, 0.4) is 0 Å². The van der Waals surface area contributed by atoms with Crippen LogP contribution < -0.4 is 5.43 Å². The van der Waals surface area contributed by atoms with Gasteiger partial charge in [-0.3, -0.25) is 14.3 Å². The van der Waals surface area contributed by atoms with Gasteiger partial charge in [-0.15, -0.1) is 10.2 Å². The van der Waals surface area contributed by atoms with Crippen molar-refractivity contribution in [2.75, 3.05) is 5.75 Å². The number of hydrogen-bond acceptors (Lipinski definition) is 7. The van der Waals surface area contributed by atoms with Crippen LogP contribution in [-0.2, 0) is 4.79 Å². The zero-order valence-electron chi connectivity index (χ0n) is 15.2. The molecule has 0 radical (unpaired) electrons. The lowest BCUT2D eigenvalue weighted by Gasteiger charge is -2.09. The van der Waals surface area contributed by atoms with E-state index in [0.29, 0.717) is 16.7 Å². The van der Waals surface area contributed by atoms with Gasteiger partial charge in [0, 0.05) is 23.6 Å². The monoisotopic (exact) mass is 404 g/mol. The number of amides is 1. The molecule has 144 valence electrons. The van der Waals surface area contributed by atoms with Crippen LogP contribution in [0.1, 0.15) is 5.76 Å². The molecule has 9 heteroatoms. The molecule has 3 heterocycles. The highest BCUT2D eigenvalue weighted by molar-refractivity contribution is 7.99. The number of benzene rings is 1. The number of thioether (sulfide) groups is 1. The lowest BCUT2D eigenvalue weighted by atomic mass is 10.2. The predicted octanol–water partition coefficient (Wildman–Crippen LogP) is 3.16. The molecule has 8 nitrogen and oxygen atoms in total. The van der Waals surface area contributed by atoms with Crippen LogP contribution in [0.25, 0.3) is 17.1 Å². The van der Waals surface area contributed by atoms with Crippen molar-refractivity contribution in [1.82, 2.24) is 25.2 Å². The second-order valence-electron chi connectivity index (χ2n) is 5.81. The average Bonchev–Trinajstić information content (AvgIpc) is 3.43. The van der Waals surface area contributed by atoms with Crippen LogP contribution in [0.5, 0.6) is 0 Å². The van der Waals surface area contributed by atoms with Gasteiger partial charge in [0.15, 0.2) is 11.0 Å². The summed E-state index contributed by atoms with van der Waals surface area (Å²) in [5.74, 6) is 1.11. The van der Waals surface area contributed by atoms with E-state index in [0.717, 1.165) is 11.3 Å². The van der Waals surface area contributed by atoms with Gasteiger partial charge in [0.05, 0.1) is 18.2 Å². The first-order chi connectivity index (χ1) is 14.3. The number of rotatable bonds is 7. The molecular weight excluding hydrogens is 388 g/mol. The summed E-state index contributed by atoms with van der Waals surface area (Å²) in [6, 6.07) is 17.0. The molecule has 0 aliphatic heterocycles. The molecule has 0 aliphatic carbocycles. The van der Waals surface area contributed by atoms with Gasteiger partial charge in [-0.05, 0) is 36.4 Å². The van der Waals surface area contributed by atoms with Crippen molar-refractivity contribution in [2.24, 2.45) is 5.10 Å². The molecule has 0 unspecified atom stereocenters. The summed E-state index contributed by atoms with van der Waals surface area (Å²) in [6.07, 6.45) is 6.39. The molecule has 1 aromatic carbocycles. The molecule has 0 spiro atoms. The molecule has 0 saturated carbocycles. The third kappa shape index (κ3) is 4.58. The summed E-state index contributed by atoms with van der Waals surface area (Å²) >= 11 is 1.28. The van der Waals surface area contributed by atoms with E-state index < -0.39 is 0 Å². The fraction of sp³-hybridized carbons (Fsp3) is 0.0500. The SMILES string of the molecule is O=C(CSc1nnc(-c2ccncc2)n1-c1ccccc1)NN=Cc1ccco1. The summed E-state index contributed by atoms with van der Waals surface area (Å²) in [7, 11) is 0. The van der Waals surface area contributed by atoms with Gasteiger partial charge in [-0.25, -0.2) is 5.43 Å². The first-order valence-corrected chi connectivity index (χ1v) is 9.69. The van der Waals surface area contributed by atoms with E-state index >= 15 is 0 Å². The Morgan fingerprint density at radius 2 is 1.93 bits per heavy atom. The standard InChI is InChI=1S/C20H16N6O2S/c27-18(23-22-13-17-7-4-12-28-17)14-29-20-25-24-19(15-8-10-21-11-9-15)26(20)16-5-2-1-3-6-16/h1-13H,14H2,(H,23,27). The van der Waals surface area contributed by atoms with E-state index in [1.165, 1.54) is 24.2 Å². The Morgan fingerprint density at radius 3 is 2.69 bits per heavy atom. The first kappa shape index (κ1) is 18.6. The minimum atomic E-state index is -0.258. The van der Waals surface area contributed by atoms with E-state index in [2.05, 4.69) is 25.7 Å². The predicted molar refractivity (Wildman–Crippen MR) is 110 cm³/mol. The minimum Gasteiger partial charge on any atom is -0.463 e. The Balaban J connectivity index is 1.51. The number of pyridine rings is 1. The molecule has 0 saturated heterocycles. The molecule has 3 aromatic heterocycles. The van der Waals surface area contributed by atoms with Crippen molar-refractivity contribution in [3.05, 3.63) is 79.0 Å². The van der Waals surface area contributed by atoms with Gasteiger partial charge in [-0.2, -0.15) is 5.10 Å². The van der Waals surface area contributed by atoms with Crippen LogP contribution in [0.15, 0.2) is 87.9 Å². The largest absolute Gasteiger partial charge is 0.463 e. The van der Waals surface area contributed by atoms with Gasteiger partial charge < -0.3 is 4.42 Å². The van der Waals surface area contributed by atoms with Crippen LogP contribution in [0.2, 0.25) is 0 Å². The Morgan fingerprint density at radius 1 is 1.10 bits per heavy atom. The maximum Gasteiger partial charge on any atom is 0.250 e. The number of furan rings is 1. The van der Waals surface area contributed by atoms with Crippen LogP contribution >= 0.6 is 11.8 Å². The minimum absolute atomic E-state index is 0.136. The quantitative estimate of drug-likeness (QED) is 0.289. The number of nitrogens with zero attached hydrogens (tertiary/aromatic N) is 5. The van der Waals surface area contributed by atoms with Gasteiger partial charge >= 0.3 is 0 Å². The normalized spacial score (nSPS) is 11.0. The van der Waals surface area contributed by atoms with Crippen LogP contribution in [-0.4, -0.2) is 37.6 Å². The van der Waals surface area contributed by atoms with Gasteiger partial charge in [-0.1, -0.05) is 30.0 Å². The van der Waals surface area contributed by atoms with E-state index in [4.69, 9.17) is 4.42 Å². The fourth-order valence-electron chi connectivity index (χ4n) is 2.56. The lowest BCUT2D eigenvalue weighted by Crippen LogP contribution is -2.19. The van der Waals surface area contributed by atoms with E-state index in [9.17, 15) is 4.79 Å². The number of carbonyl (C=O) groups excluding carboxylic acids is 1. The molecule has 4 aromatic rings. The Bertz CT molecular complexity index is 1090. The Labute approximate surface area is 170 Å². The fourth-order valence-corrected chi connectivity index (χ4v) is 3.30. The van der Waals surface area contributed by atoms with Crippen molar-refractivity contribution < 1.29 is 9.21 Å². The average molecular weight is 404 g/mol. The highest BCUT2D eigenvalue weighted by Gasteiger charge is 2.17. The molecule has 29 heavy (non-hydrogen) atoms. The highest BCUT2D eigenvalue weighted by atomic mass is 32.2. The summed E-state index contributed by atoms with van der Waals surface area (Å²) in [5, 5.41) is 13.1. The molecule has 0 atom stereocenters. The number of hydrogen-bond donors (Lipinski definition) is 1. The maximum absolute atomic E-state index is 12.1. The zero-order chi connectivity index (χ0) is 19.9. The maximum atomic E-state index is 12.1. The van der Waals surface area contributed by atoms with Crippen molar-refractivity contribution >= 4 is 23.9 Å². The van der Waals surface area contributed by atoms with Crippen LogP contribution in [0.4, 0.5) is 0 Å². The molecule has 0 aliphatic rings. The van der Waals surface area contributed by atoms with Crippen molar-refractivity contribution in [3.63, 3.8) is 0 Å². The molecule has 0 fully saturated rings. The summed E-state index contributed by atoms with van der Waals surface area (Å²) in [6.45, 7) is 0. The summed E-state index contributed by atoms with van der Waals surface area (Å²) < 4.78 is 7.04. The Hall–Kier alpha value is -3.72. The number of aromatic nitrogens is 4. The van der Waals surface area contributed by atoms with E-state index in [1.807, 2.05) is 47.0 Å². The van der Waals surface area contributed by atoms with Gasteiger partial charge in [0.25, 0.3) is 5.91 Å². The third-order valence-electron chi connectivity index (χ3n) is 3.84. The zero-order valence-corrected chi connectivity index (χ0v) is 16.0. The number of para-hydroxylation sites is 1. The first-order valence-electron chi connectivity index (χ1n) is 8.71. The molecule has 1 amide bonds. The third-order valence-corrected chi connectivity index (χ3v) is 4.77. The molecule has 1 N–H and O–H groups in total. The number of hydrazone groups is 1. The lowest BCUT2D eigenvalue weighted by molar-refractivity contribution is -0.118. The van der Waals surface area contributed by atoms with Crippen molar-refractivity contribution in [2.45, 2.75) is 5.16 Å². The topological polar surface area (TPSA) is 98.2 Å². The number of carbonyl (C=O) groups is 1. The van der Waals surface area contributed by atoms with Gasteiger partial charge in [0.1, 0.15) is 5.76 Å². The smallest absolute Gasteiger partial charge is 0.250 e. The molecule has 0 bridgehead atoms. The summed E-state index contributed by atoms with van der Waals surface area (Å²) in [5.41, 5.74) is 4.26. The number of nitrogens with one attached hydrogen (secondary N) is 1. The van der Waals surface area contributed by atoms with Crippen molar-refractivity contribution in [1.29, 1.82) is 0 Å². The second kappa shape index (κ2) is 8.98. The van der Waals surface area contributed by atoms with Gasteiger partial charge in [0.2, 0.25) is 0 Å². The van der Waals surface area contributed by atoms with E-state index in [-0.39, 0.29) is 11.7 Å².